The largest absolute Gasteiger partial charge is 0.404 e. The normalized spacial score (nSPS) is 18.4. The van der Waals surface area contributed by atoms with E-state index in [1.54, 1.807) is 54.6 Å². The summed E-state index contributed by atoms with van der Waals surface area (Å²) in [6, 6.07) is 13.1. The minimum absolute atomic E-state index is 0.160. The fourth-order valence-electron chi connectivity index (χ4n) is 4.15. The Bertz CT molecular complexity index is 1170. The van der Waals surface area contributed by atoms with Crippen LogP contribution < -0.4 is 11.1 Å². The Labute approximate surface area is 198 Å². The van der Waals surface area contributed by atoms with E-state index >= 15 is 0 Å². The molecule has 170 valence electrons. The minimum Gasteiger partial charge on any atom is -0.404 e. The molecule has 0 unspecified atom stereocenters. The average molecular weight is 464 g/mol. The molecule has 0 spiro atoms. The smallest absolute Gasteiger partial charge is 0.254 e. The number of hydrogen-bond donors (Lipinski definition) is 2. The maximum atomic E-state index is 13.7. The highest BCUT2D eigenvalue weighted by atomic mass is 35.5. The molecule has 0 saturated carbocycles. The molecule has 0 saturated heterocycles. The quantitative estimate of drug-likeness (QED) is 0.631. The van der Waals surface area contributed by atoms with Crippen LogP contribution in [0.25, 0.3) is 0 Å². The van der Waals surface area contributed by atoms with Gasteiger partial charge in [0.15, 0.2) is 0 Å². The van der Waals surface area contributed by atoms with Gasteiger partial charge in [-0.25, -0.2) is 0 Å². The third kappa shape index (κ3) is 5.07. The van der Waals surface area contributed by atoms with E-state index in [4.69, 9.17) is 17.3 Å². The van der Waals surface area contributed by atoms with Gasteiger partial charge in [-0.1, -0.05) is 43.6 Å². The van der Waals surface area contributed by atoms with Crippen molar-refractivity contribution in [2.45, 2.75) is 25.8 Å². The molecule has 2 atom stereocenters. The van der Waals surface area contributed by atoms with E-state index in [0.717, 1.165) is 0 Å². The summed E-state index contributed by atoms with van der Waals surface area (Å²) in [4.78, 5) is 33.0. The van der Waals surface area contributed by atoms with Crippen molar-refractivity contribution in [3.05, 3.63) is 76.0 Å². The second-order valence-electron chi connectivity index (χ2n) is 8.24. The van der Waals surface area contributed by atoms with Crippen LogP contribution in [0.15, 0.2) is 59.2 Å². The predicted octanol–water partition coefficient (Wildman–Crippen LogP) is 3.96. The van der Waals surface area contributed by atoms with Crippen molar-refractivity contribution in [1.29, 1.82) is 5.26 Å². The number of anilines is 1. The van der Waals surface area contributed by atoms with Gasteiger partial charge in [-0.3, -0.25) is 14.6 Å². The fourth-order valence-corrected chi connectivity index (χ4v) is 4.39. The highest BCUT2D eigenvalue weighted by Gasteiger charge is 2.44. The molecule has 3 rings (SSSR count). The summed E-state index contributed by atoms with van der Waals surface area (Å²) in [6.45, 7) is 4.45. The van der Waals surface area contributed by atoms with Gasteiger partial charge in [0.05, 0.1) is 23.6 Å². The van der Waals surface area contributed by atoms with Crippen LogP contribution >= 0.6 is 11.6 Å². The zero-order valence-corrected chi connectivity index (χ0v) is 19.5. The minimum atomic E-state index is -0.755. The summed E-state index contributed by atoms with van der Waals surface area (Å²) in [6.07, 6.45) is 2.96. The van der Waals surface area contributed by atoms with Crippen LogP contribution in [0, 0.1) is 17.2 Å². The van der Waals surface area contributed by atoms with Crippen molar-refractivity contribution in [3.8, 4) is 6.07 Å². The number of halogens is 1. The molecule has 2 amide bonds. The highest BCUT2D eigenvalue weighted by molar-refractivity contribution is 6.31. The molecule has 33 heavy (non-hydrogen) atoms. The molecule has 8 heteroatoms. The van der Waals surface area contributed by atoms with Crippen molar-refractivity contribution < 1.29 is 9.59 Å². The van der Waals surface area contributed by atoms with Gasteiger partial charge >= 0.3 is 0 Å². The van der Waals surface area contributed by atoms with Gasteiger partial charge in [0.1, 0.15) is 0 Å². The summed E-state index contributed by atoms with van der Waals surface area (Å²) in [7, 11) is 1.61. The first kappa shape index (κ1) is 24.0. The number of nitriles is 1. The van der Waals surface area contributed by atoms with Gasteiger partial charge in [0, 0.05) is 47.9 Å². The number of fused-ring (bicyclic) bond motifs is 1. The number of nitrogens with one attached hydrogen (secondary N) is 1. The van der Waals surface area contributed by atoms with Crippen molar-refractivity contribution >= 4 is 35.3 Å². The van der Waals surface area contributed by atoms with E-state index in [9.17, 15) is 14.9 Å². The number of hydrogen-bond acceptors (Lipinski definition) is 5. The summed E-state index contributed by atoms with van der Waals surface area (Å²) in [5.74, 6) is -1.10. The van der Waals surface area contributed by atoms with E-state index in [0.29, 0.717) is 39.5 Å². The highest BCUT2D eigenvalue weighted by Crippen LogP contribution is 2.38. The van der Waals surface area contributed by atoms with E-state index in [-0.39, 0.29) is 17.7 Å². The number of nitrogens with zero attached hydrogens (tertiary/aromatic N) is 3. The van der Waals surface area contributed by atoms with Crippen molar-refractivity contribution in [2.24, 2.45) is 16.6 Å². The van der Waals surface area contributed by atoms with Crippen LogP contribution in [0.3, 0.4) is 0 Å². The lowest BCUT2D eigenvalue weighted by Gasteiger charge is -2.42. The molecule has 1 heterocycles. The molecular weight excluding hydrogens is 438 g/mol. The molecule has 2 aromatic rings. The molecule has 0 aliphatic carbocycles. The Balaban J connectivity index is 2.16. The number of benzene rings is 2. The van der Waals surface area contributed by atoms with Gasteiger partial charge in [-0.2, -0.15) is 5.26 Å². The van der Waals surface area contributed by atoms with E-state index in [1.165, 1.54) is 12.3 Å². The van der Waals surface area contributed by atoms with E-state index in [1.807, 2.05) is 19.9 Å². The topological polar surface area (TPSA) is 112 Å². The van der Waals surface area contributed by atoms with Crippen molar-refractivity contribution in [1.82, 2.24) is 4.90 Å². The first-order chi connectivity index (χ1) is 15.8. The number of amides is 2. The molecule has 3 N–H and O–H groups in total. The van der Waals surface area contributed by atoms with E-state index < -0.39 is 12.0 Å². The molecule has 0 fully saturated rings. The van der Waals surface area contributed by atoms with Gasteiger partial charge in [-0.15, -0.1) is 0 Å². The van der Waals surface area contributed by atoms with Crippen LogP contribution in [0.1, 0.15) is 41.3 Å². The van der Waals surface area contributed by atoms with Crippen LogP contribution in [0.2, 0.25) is 5.02 Å². The van der Waals surface area contributed by atoms with Crippen LogP contribution in [-0.2, 0) is 4.79 Å². The standard InChI is InChI=1S/C25H26ClN5O2/c1-15(2)14-31-23(17(12-28)13-29-3)22(20-6-4-5-7-21(20)25(31)33)24(32)30-19-9-16(11-27)8-18(26)10-19/h4-10,12-13,15,22-23H,14,28H2,1-3H3,(H,30,32)/t22-,23+/m0/s1. The zero-order valence-electron chi connectivity index (χ0n) is 18.7. The molecule has 1 aliphatic heterocycles. The maximum absolute atomic E-state index is 13.7. The second kappa shape index (κ2) is 10.3. The zero-order chi connectivity index (χ0) is 24.1. The van der Waals surface area contributed by atoms with Crippen molar-refractivity contribution in [3.63, 3.8) is 0 Å². The Morgan fingerprint density at radius 1 is 1.33 bits per heavy atom. The number of aliphatic imine (C=N–C) groups is 1. The van der Waals surface area contributed by atoms with E-state index in [2.05, 4.69) is 10.3 Å². The van der Waals surface area contributed by atoms with Gasteiger partial charge < -0.3 is 16.0 Å². The van der Waals surface area contributed by atoms with Crippen molar-refractivity contribution in [2.75, 3.05) is 18.9 Å². The monoisotopic (exact) mass is 463 g/mol. The summed E-state index contributed by atoms with van der Waals surface area (Å²) < 4.78 is 0. The Kier molecular flexibility index (Phi) is 7.52. The Morgan fingerprint density at radius 2 is 2.06 bits per heavy atom. The van der Waals surface area contributed by atoms with Gasteiger partial charge in [0.2, 0.25) is 5.91 Å². The Morgan fingerprint density at radius 3 is 2.70 bits per heavy atom. The molecule has 2 aromatic carbocycles. The number of rotatable bonds is 6. The van der Waals surface area contributed by atoms with Crippen LogP contribution in [0.5, 0.6) is 0 Å². The average Bonchev–Trinajstić information content (AvgIpc) is 2.78. The molecule has 0 bridgehead atoms. The third-order valence-corrected chi connectivity index (χ3v) is 5.61. The lowest BCUT2D eigenvalue weighted by Crippen LogP contribution is -2.53. The maximum Gasteiger partial charge on any atom is 0.254 e. The molecular formula is C25H26ClN5O2. The molecule has 1 aliphatic rings. The summed E-state index contributed by atoms with van der Waals surface area (Å²) in [5, 5.41) is 12.5. The lowest BCUT2D eigenvalue weighted by atomic mass is 9.78. The third-order valence-electron chi connectivity index (χ3n) is 5.39. The molecule has 0 radical (unpaired) electrons. The van der Waals surface area contributed by atoms with Gasteiger partial charge in [-0.05, 0) is 35.7 Å². The number of nitrogens with two attached hydrogens (primary N) is 1. The Hall–Kier alpha value is -3.63. The van der Waals surface area contributed by atoms with Crippen LogP contribution in [0.4, 0.5) is 5.69 Å². The predicted molar refractivity (Wildman–Crippen MR) is 130 cm³/mol. The first-order valence-corrected chi connectivity index (χ1v) is 10.9. The number of carbonyl (C=O) groups excluding carboxylic acids is 2. The van der Waals surface area contributed by atoms with Gasteiger partial charge in [0.25, 0.3) is 5.91 Å². The fraction of sp³-hybridized carbons (Fsp3) is 0.280. The first-order valence-electron chi connectivity index (χ1n) is 10.6. The molecule has 0 aromatic heterocycles. The molecule has 7 nitrogen and oxygen atoms in total. The summed E-state index contributed by atoms with van der Waals surface area (Å²) in [5.41, 5.74) is 8.31. The van der Waals surface area contributed by atoms with Crippen LogP contribution in [-0.4, -0.2) is 42.6 Å². The number of carbonyl (C=O) groups is 2. The SMILES string of the molecule is CN=CC(=CN)[C@@H]1[C@@H](C(=O)Nc2cc(Cl)cc(C#N)c2)c2ccccc2C(=O)N1CC(C)C. The second-order valence-corrected chi connectivity index (χ2v) is 8.68. The summed E-state index contributed by atoms with van der Waals surface area (Å²) >= 11 is 6.12. The lowest BCUT2D eigenvalue weighted by molar-refractivity contribution is -0.118.